The number of fused-ring (bicyclic) bond motifs is 1. The first kappa shape index (κ1) is 28.6. The first-order chi connectivity index (χ1) is 18.4. The lowest BCUT2D eigenvalue weighted by Gasteiger charge is -2.53. The number of carbonyl (C=O) groups excluding carboxylic acids is 2. The molecule has 2 aliphatic rings. The van der Waals surface area contributed by atoms with Crippen molar-refractivity contribution >= 4 is 63.5 Å². The van der Waals surface area contributed by atoms with Gasteiger partial charge >= 0.3 is 12.1 Å². The predicted molar refractivity (Wildman–Crippen MR) is 134 cm³/mol. The number of anilines is 1. The second-order valence-electron chi connectivity index (χ2n) is 8.32. The van der Waals surface area contributed by atoms with E-state index in [1.165, 1.54) is 15.0 Å². The van der Waals surface area contributed by atoms with Crippen LogP contribution in [0.2, 0.25) is 0 Å². The summed E-state index contributed by atoms with van der Waals surface area (Å²) in [5.41, 5.74) is 3.52. The minimum atomic E-state index is -4.69. The van der Waals surface area contributed by atoms with E-state index < -0.39 is 53.1 Å². The first-order valence-corrected chi connectivity index (χ1v) is 13.8. The van der Waals surface area contributed by atoms with Gasteiger partial charge in [0.2, 0.25) is 17.7 Å². The molecule has 2 unspecified atom stereocenters. The summed E-state index contributed by atoms with van der Waals surface area (Å²) < 4.78 is 38.9. The zero-order chi connectivity index (χ0) is 28.4. The number of carboxylic acid groups (broad SMARTS) is 1. The molecule has 0 bridgehead atoms. The Morgan fingerprint density at radius 3 is 2.87 bits per heavy atom. The van der Waals surface area contributed by atoms with Gasteiger partial charge in [-0.25, -0.2) is 9.67 Å². The van der Waals surface area contributed by atoms with E-state index in [1.54, 1.807) is 6.08 Å². The van der Waals surface area contributed by atoms with Gasteiger partial charge in [-0.05, 0) is 10.4 Å². The molecule has 2 aromatic heterocycles. The molecule has 0 aliphatic carbocycles. The molecule has 4 rings (SSSR count). The zero-order valence-electron chi connectivity index (χ0n) is 19.7. The molecule has 210 valence electrons. The van der Waals surface area contributed by atoms with Crippen LogP contribution in [-0.4, -0.2) is 101 Å². The number of tetrazole rings is 1. The van der Waals surface area contributed by atoms with Gasteiger partial charge in [-0.2, -0.15) is 13.2 Å². The Morgan fingerprint density at radius 1 is 1.46 bits per heavy atom. The molecule has 2 aliphatic heterocycles. The highest BCUT2D eigenvalue weighted by Gasteiger charge is 2.57. The number of carbonyl (C=O) groups is 3. The number of aliphatic carboxylic acids is 1. The minimum Gasteiger partial charge on any atom is -0.481 e. The molecule has 0 aromatic carbocycles. The number of rotatable bonds is 11. The zero-order valence-corrected chi connectivity index (χ0v) is 22.1. The maximum atomic E-state index is 12.9. The molecular formula is C19H20F3N9O5S3. The van der Waals surface area contributed by atoms with E-state index in [-0.39, 0.29) is 28.9 Å². The molecule has 0 spiro atoms. The third-order valence-corrected chi connectivity index (χ3v) is 9.04. The number of hydrogen-bond acceptors (Lipinski definition) is 13. The Morgan fingerprint density at radius 2 is 2.23 bits per heavy atom. The van der Waals surface area contributed by atoms with E-state index in [0.29, 0.717) is 11.7 Å². The van der Waals surface area contributed by atoms with Crippen LogP contribution in [0.5, 0.6) is 0 Å². The Labute approximate surface area is 230 Å². The van der Waals surface area contributed by atoms with Crippen LogP contribution in [0.25, 0.3) is 0 Å². The minimum absolute atomic E-state index is 0.0384. The summed E-state index contributed by atoms with van der Waals surface area (Å²) in [4.78, 5) is 47.6. The average molecular weight is 608 g/mol. The molecule has 2 fully saturated rings. The lowest BCUT2D eigenvalue weighted by molar-refractivity contribution is -0.174. The number of nitrogens with zero attached hydrogens (tertiary/aromatic N) is 7. The standard InChI is InChI=1S/C19H20F3N9O5S3/c1-2-3-31-17(26-28-29-31)39-8-18(15(34)35)5-30-13(33)11(14(30)38-7-18)25-12(32)10(9-4-37-16(23)24-9)27-36-6-19(20,21)22/h2,4,11,14H,1,3,5-8H2,(H2,23,24)(H,25,32)(H,34,35)/t11?,14-,18?/m1/s1. The van der Waals surface area contributed by atoms with Gasteiger partial charge in [-0.1, -0.05) is 23.0 Å². The van der Waals surface area contributed by atoms with E-state index in [2.05, 4.69) is 42.4 Å². The number of hydrogen-bond donors (Lipinski definition) is 3. The Hall–Kier alpha value is -3.39. The van der Waals surface area contributed by atoms with Crippen molar-refractivity contribution in [3.8, 4) is 0 Å². The molecule has 4 heterocycles. The fourth-order valence-corrected chi connectivity index (χ4v) is 6.92. The molecular weight excluding hydrogens is 587 g/mol. The van der Waals surface area contributed by atoms with Gasteiger partial charge in [0.15, 0.2) is 10.8 Å². The maximum Gasteiger partial charge on any atom is 0.425 e. The fraction of sp³-hybridized carbons (Fsp3) is 0.474. The normalized spacial score (nSPS) is 23.1. The number of aromatic nitrogens is 5. The number of oxime groups is 1. The van der Waals surface area contributed by atoms with Crippen LogP contribution < -0.4 is 11.1 Å². The number of thiazole rings is 1. The molecule has 0 saturated carbocycles. The van der Waals surface area contributed by atoms with Crippen molar-refractivity contribution in [3.63, 3.8) is 0 Å². The number of β-lactam (4-membered cyclic amide) rings is 1. The third-order valence-electron chi connectivity index (χ3n) is 5.53. The quantitative estimate of drug-likeness (QED) is 0.105. The van der Waals surface area contributed by atoms with Crippen molar-refractivity contribution in [2.24, 2.45) is 10.6 Å². The summed E-state index contributed by atoms with van der Waals surface area (Å²) in [7, 11) is 0. The summed E-state index contributed by atoms with van der Waals surface area (Å²) in [5.74, 6) is -2.49. The second kappa shape index (κ2) is 11.4. The summed E-state index contributed by atoms with van der Waals surface area (Å²) in [6, 6.07) is -1.06. The molecule has 2 saturated heterocycles. The third kappa shape index (κ3) is 6.27. The Balaban J connectivity index is 1.43. The summed E-state index contributed by atoms with van der Waals surface area (Å²) >= 11 is 3.21. The predicted octanol–water partition coefficient (Wildman–Crippen LogP) is 0.444. The Bertz CT molecular complexity index is 1300. The van der Waals surface area contributed by atoms with Crippen LogP contribution in [0.15, 0.2) is 28.3 Å². The van der Waals surface area contributed by atoms with Gasteiger partial charge in [0.25, 0.3) is 5.91 Å². The number of allylic oxidation sites excluding steroid dienone is 1. The fourth-order valence-electron chi connectivity index (χ4n) is 3.63. The highest BCUT2D eigenvalue weighted by Crippen LogP contribution is 2.44. The van der Waals surface area contributed by atoms with Gasteiger partial charge in [-0.15, -0.1) is 34.8 Å². The van der Waals surface area contributed by atoms with E-state index in [4.69, 9.17) is 5.73 Å². The molecule has 3 atom stereocenters. The van der Waals surface area contributed by atoms with Gasteiger partial charge in [0.05, 0.1) is 6.54 Å². The highest BCUT2D eigenvalue weighted by molar-refractivity contribution is 8.00. The number of halogens is 3. The van der Waals surface area contributed by atoms with Crippen molar-refractivity contribution in [1.29, 1.82) is 0 Å². The Kier molecular flexibility index (Phi) is 8.35. The van der Waals surface area contributed by atoms with Crippen LogP contribution in [0.4, 0.5) is 18.3 Å². The molecule has 4 N–H and O–H groups in total. The topological polar surface area (TPSA) is 191 Å². The maximum absolute atomic E-state index is 12.9. The molecule has 39 heavy (non-hydrogen) atoms. The summed E-state index contributed by atoms with van der Waals surface area (Å²) in [5, 5.41) is 28.2. The monoisotopic (exact) mass is 607 g/mol. The summed E-state index contributed by atoms with van der Waals surface area (Å²) in [6.45, 7) is 2.08. The van der Waals surface area contributed by atoms with E-state index >= 15 is 0 Å². The number of carboxylic acids is 1. The van der Waals surface area contributed by atoms with Crippen molar-refractivity contribution in [2.45, 2.75) is 29.3 Å². The number of alkyl halides is 3. The molecule has 2 aromatic rings. The number of nitrogen functional groups attached to an aromatic ring is 1. The van der Waals surface area contributed by atoms with E-state index in [0.717, 1.165) is 34.9 Å². The molecule has 0 radical (unpaired) electrons. The smallest absolute Gasteiger partial charge is 0.425 e. The van der Waals surface area contributed by atoms with Crippen LogP contribution in [0.3, 0.4) is 0 Å². The van der Waals surface area contributed by atoms with Crippen LogP contribution in [0.1, 0.15) is 5.69 Å². The number of thioether (sulfide) groups is 2. The van der Waals surface area contributed by atoms with Crippen molar-refractivity contribution < 1.29 is 37.5 Å². The van der Waals surface area contributed by atoms with E-state index in [9.17, 15) is 32.7 Å². The second-order valence-corrected chi connectivity index (χ2v) is 11.3. The summed E-state index contributed by atoms with van der Waals surface area (Å²) in [6.07, 6.45) is -3.11. The lowest BCUT2D eigenvalue weighted by Crippen LogP contribution is -2.74. The van der Waals surface area contributed by atoms with Crippen molar-refractivity contribution in [1.82, 2.24) is 35.4 Å². The van der Waals surface area contributed by atoms with Crippen LogP contribution in [0, 0.1) is 5.41 Å². The van der Waals surface area contributed by atoms with Crippen molar-refractivity contribution in [2.75, 3.05) is 30.4 Å². The molecule has 14 nitrogen and oxygen atoms in total. The van der Waals surface area contributed by atoms with Gasteiger partial charge in [0.1, 0.15) is 22.5 Å². The SMILES string of the molecule is C=CCn1nnnc1SCC1(C(=O)O)CS[C@@H]2C(NC(=O)C(=NOCC(F)(F)F)c3csc(N)n3)C(=O)N2C1. The number of nitrogens with two attached hydrogens (primary N) is 1. The number of nitrogens with one attached hydrogen (secondary N) is 1. The van der Waals surface area contributed by atoms with Gasteiger partial charge in [-0.3, -0.25) is 14.4 Å². The molecule has 2 amide bonds. The first-order valence-electron chi connectivity index (χ1n) is 10.9. The van der Waals surface area contributed by atoms with Gasteiger partial charge < -0.3 is 25.9 Å². The van der Waals surface area contributed by atoms with Crippen LogP contribution >= 0.6 is 34.9 Å². The lowest BCUT2D eigenvalue weighted by atomic mass is 9.89. The highest BCUT2D eigenvalue weighted by atomic mass is 32.2. The molecule has 20 heteroatoms. The van der Waals surface area contributed by atoms with Gasteiger partial charge in [0, 0.05) is 23.4 Å². The van der Waals surface area contributed by atoms with Crippen LogP contribution in [-0.2, 0) is 25.8 Å². The largest absolute Gasteiger partial charge is 0.481 e. The van der Waals surface area contributed by atoms with Crippen molar-refractivity contribution in [3.05, 3.63) is 23.7 Å². The van der Waals surface area contributed by atoms with E-state index in [1.807, 2.05) is 0 Å². The number of amides is 2. The average Bonchev–Trinajstić information content (AvgIpc) is 3.51.